The number of carbonyl (C=O) groups is 1. The molecule has 2 heterocycles. The molecule has 0 bridgehead atoms. The Morgan fingerprint density at radius 1 is 1.43 bits per heavy atom. The predicted octanol–water partition coefficient (Wildman–Crippen LogP) is 2.30. The number of thioether (sulfide) groups is 1. The van der Waals surface area contributed by atoms with Crippen molar-refractivity contribution in [2.75, 3.05) is 23.4 Å². The number of hydrogen-bond donors (Lipinski definition) is 2. The second-order valence-corrected chi connectivity index (χ2v) is 6.30. The highest BCUT2D eigenvalue weighted by molar-refractivity contribution is 7.99. The molecule has 1 saturated heterocycles. The first-order chi connectivity index (χ1) is 11.3. The van der Waals surface area contributed by atoms with E-state index in [9.17, 15) is 4.79 Å². The van der Waals surface area contributed by atoms with Crippen molar-refractivity contribution < 1.29 is 9.53 Å². The fraction of sp³-hybridized carbons (Fsp3) is 0.312. The minimum atomic E-state index is 0.00153. The van der Waals surface area contributed by atoms with Gasteiger partial charge in [-0.05, 0) is 12.1 Å². The summed E-state index contributed by atoms with van der Waals surface area (Å²) >= 11 is 1.88. The molecular weight excluding hydrogens is 312 g/mol. The van der Waals surface area contributed by atoms with Crippen LogP contribution in [0.1, 0.15) is 6.42 Å². The van der Waals surface area contributed by atoms with Crippen molar-refractivity contribution in [1.29, 1.82) is 0 Å². The van der Waals surface area contributed by atoms with Crippen LogP contribution >= 0.6 is 11.8 Å². The fourth-order valence-corrected chi connectivity index (χ4v) is 3.23. The molecule has 0 spiro atoms. The van der Waals surface area contributed by atoms with E-state index in [0.717, 1.165) is 18.1 Å². The topological polar surface area (TPSA) is 76.1 Å². The summed E-state index contributed by atoms with van der Waals surface area (Å²) in [5.74, 6) is 3.11. The fourth-order valence-electron chi connectivity index (χ4n) is 2.28. The Morgan fingerprint density at radius 2 is 2.39 bits per heavy atom. The second kappa shape index (κ2) is 7.94. The van der Waals surface area contributed by atoms with Crippen LogP contribution in [-0.2, 0) is 4.79 Å². The van der Waals surface area contributed by atoms with Gasteiger partial charge in [0.1, 0.15) is 5.75 Å². The maximum absolute atomic E-state index is 12.1. The van der Waals surface area contributed by atoms with Crippen LogP contribution in [0.15, 0.2) is 42.9 Å². The molecule has 3 rings (SSSR count). The number of hydrogen-bond acceptors (Lipinski definition) is 6. The molecule has 0 radical (unpaired) electrons. The lowest BCUT2D eigenvalue weighted by atomic mass is 10.2. The van der Waals surface area contributed by atoms with Crippen LogP contribution < -0.4 is 15.4 Å². The zero-order valence-electron chi connectivity index (χ0n) is 12.6. The monoisotopic (exact) mass is 330 g/mol. The van der Waals surface area contributed by atoms with Gasteiger partial charge in [-0.1, -0.05) is 6.07 Å². The van der Waals surface area contributed by atoms with Crippen LogP contribution in [0, 0.1) is 0 Å². The Morgan fingerprint density at radius 3 is 3.17 bits per heavy atom. The first-order valence-electron chi connectivity index (χ1n) is 7.44. The SMILES string of the molecule is O=C(CC1CSCCN1)Nc1cccc(Oc2cnccn2)c1. The average Bonchev–Trinajstić information content (AvgIpc) is 2.57. The number of nitrogens with one attached hydrogen (secondary N) is 2. The van der Waals surface area contributed by atoms with E-state index in [4.69, 9.17) is 4.74 Å². The molecule has 1 aliphatic rings. The van der Waals surface area contributed by atoms with Crippen molar-refractivity contribution in [1.82, 2.24) is 15.3 Å². The lowest BCUT2D eigenvalue weighted by Crippen LogP contribution is -2.39. The molecule has 6 nitrogen and oxygen atoms in total. The van der Waals surface area contributed by atoms with E-state index in [-0.39, 0.29) is 11.9 Å². The van der Waals surface area contributed by atoms with Crippen molar-refractivity contribution >= 4 is 23.4 Å². The number of ether oxygens (including phenoxy) is 1. The summed E-state index contributed by atoms with van der Waals surface area (Å²) in [5.41, 5.74) is 0.708. The highest BCUT2D eigenvalue weighted by Gasteiger charge is 2.16. The molecule has 2 N–H and O–H groups in total. The first kappa shape index (κ1) is 15.8. The van der Waals surface area contributed by atoms with E-state index in [1.165, 1.54) is 6.20 Å². The first-order valence-corrected chi connectivity index (χ1v) is 8.60. The Kier molecular flexibility index (Phi) is 5.44. The summed E-state index contributed by atoms with van der Waals surface area (Å²) in [6.45, 7) is 0.962. The van der Waals surface area contributed by atoms with Crippen molar-refractivity contribution in [2.24, 2.45) is 0 Å². The predicted molar refractivity (Wildman–Crippen MR) is 90.9 cm³/mol. The third-order valence-electron chi connectivity index (χ3n) is 3.31. The lowest BCUT2D eigenvalue weighted by Gasteiger charge is -2.22. The quantitative estimate of drug-likeness (QED) is 0.876. The molecule has 1 atom stereocenters. The molecule has 23 heavy (non-hydrogen) atoms. The Labute approximate surface area is 139 Å². The molecule has 1 unspecified atom stereocenters. The number of nitrogens with zero attached hydrogens (tertiary/aromatic N) is 2. The number of benzene rings is 1. The van der Waals surface area contributed by atoms with Gasteiger partial charge in [0.05, 0.1) is 6.20 Å². The average molecular weight is 330 g/mol. The Hall–Kier alpha value is -2.12. The van der Waals surface area contributed by atoms with Crippen molar-refractivity contribution in [3.8, 4) is 11.6 Å². The second-order valence-electron chi connectivity index (χ2n) is 5.15. The molecule has 1 fully saturated rings. The highest BCUT2D eigenvalue weighted by atomic mass is 32.2. The highest BCUT2D eigenvalue weighted by Crippen LogP contribution is 2.22. The van der Waals surface area contributed by atoms with Gasteiger partial charge in [0, 0.05) is 54.7 Å². The van der Waals surface area contributed by atoms with Crippen molar-refractivity contribution in [3.63, 3.8) is 0 Å². The number of rotatable bonds is 5. The van der Waals surface area contributed by atoms with E-state index in [1.54, 1.807) is 18.5 Å². The molecule has 0 aliphatic carbocycles. The molecule has 1 aromatic heterocycles. The van der Waals surface area contributed by atoms with Gasteiger partial charge in [0.25, 0.3) is 0 Å². The minimum Gasteiger partial charge on any atom is -0.437 e. The van der Waals surface area contributed by atoms with Crippen LogP contribution in [0.25, 0.3) is 0 Å². The van der Waals surface area contributed by atoms with E-state index in [2.05, 4.69) is 20.6 Å². The van der Waals surface area contributed by atoms with Gasteiger partial charge < -0.3 is 15.4 Å². The number of carbonyl (C=O) groups excluding carboxylic acids is 1. The summed E-state index contributed by atoms with van der Waals surface area (Å²) < 4.78 is 5.61. The molecule has 2 aromatic rings. The molecule has 0 saturated carbocycles. The Bertz CT molecular complexity index is 648. The van der Waals surface area contributed by atoms with Crippen LogP contribution in [-0.4, -0.2) is 40.0 Å². The zero-order chi connectivity index (χ0) is 15.9. The maximum Gasteiger partial charge on any atom is 0.237 e. The molecule has 120 valence electrons. The van der Waals surface area contributed by atoms with E-state index in [1.807, 2.05) is 30.0 Å². The normalized spacial score (nSPS) is 17.5. The Balaban J connectivity index is 1.57. The number of amides is 1. The van der Waals surface area contributed by atoms with Gasteiger partial charge in [-0.15, -0.1) is 0 Å². The van der Waals surface area contributed by atoms with Gasteiger partial charge in [0.15, 0.2) is 0 Å². The van der Waals surface area contributed by atoms with Crippen LogP contribution in [0.4, 0.5) is 5.69 Å². The summed E-state index contributed by atoms with van der Waals surface area (Å²) in [7, 11) is 0. The molecule has 1 amide bonds. The van der Waals surface area contributed by atoms with Crippen molar-refractivity contribution in [2.45, 2.75) is 12.5 Å². The van der Waals surface area contributed by atoms with Gasteiger partial charge in [-0.25, -0.2) is 4.98 Å². The number of aromatic nitrogens is 2. The summed E-state index contributed by atoms with van der Waals surface area (Å²) in [5, 5.41) is 6.27. The minimum absolute atomic E-state index is 0.00153. The molecule has 1 aliphatic heterocycles. The zero-order valence-corrected chi connectivity index (χ0v) is 13.4. The molecule has 1 aromatic carbocycles. The number of anilines is 1. The van der Waals surface area contributed by atoms with E-state index >= 15 is 0 Å². The smallest absolute Gasteiger partial charge is 0.237 e. The lowest BCUT2D eigenvalue weighted by molar-refractivity contribution is -0.116. The summed E-state index contributed by atoms with van der Waals surface area (Å²) in [4.78, 5) is 20.1. The summed E-state index contributed by atoms with van der Waals surface area (Å²) in [6.07, 6.45) is 5.16. The molecular formula is C16H18N4O2S. The summed E-state index contributed by atoms with van der Waals surface area (Å²) in [6, 6.07) is 7.49. The molecule has 7 heteroatoms. The van der Waals surface area contributed by atoms with Crippen molar-refractivity contribution in [3.05, 3.63) is 42.9 Å². The van der Waals surface area contributed by atoms with Gasteiger partial charge >= 0.3 is 0 Å². The van der Waals surface area contributed by atoms with E-state index < -0.39 is 0 Å². The van der Waals surface area contributed by atoms with Crippen LogP contribution in [0.3, 0.4) is 0 Å². The van der Waals surface area contributed by atoms with Crippen LogP contribution in [0.2, 0.25) is 0 Å². The van der Waals surface area contributed by atoms with E-state index in [0.29, 0.717) is 23.7 Å². The maximum atomic E-state index is 12.1. The standard InChI is InChI=1S/C16H18N4O2S/c21-15(9-13-11-23-7-6-18-13)20-12-2-1-3-14(8-12)22-16-10-17-4-5-19-16/h1-5,8,10,13,18H,6-7,9,11H2,(H,20,21). The van der Waals surface area contributed by atoms with Gasteiger partial charge in [0.2, 0.25) is 11.8 Å². The van der Waals surface area contributed by atoms with Gasteiger partial charge in [-0.3, -0.25) is 9.78 Å². The third-order valence-corrected chi connectivity index (χ3v) is 4.44. The third kappa shape index (κ3) is 4.94. The van der Waals surface area contributed by atoms with Crippen LogP contribution in [0.5, 0.6) is 11.6 Å². The largest absolute Gasteiger partial charge is 0.437 e. The van der Waals surface area contributed by atoms with Gasteiger partial charge in [-0.2, -0.15) is 11.8 Å².